The van der Waals surface area contributed by atoms with Crippen LogP contribution >= 0.6 is 0 Å². The molecule has 1 heterocycles. The first-order valence-corrected chi connectivity index (χ1v) is 9.06. The maximum absolute atomic E-state index is 13.0. The summed E-state index contributed by atoms with van der Waals surface area (Å²) in [4.78, 5) is 2.37. The molecule has 0 radical (unpaired) electrons. The van der Waals surface area contributed by atoms with E-state index in [1.54, 1.807) is 6.07 Å². The van der Waals surface area contributed by atoms with Gasteiger partial charge in [-0.3, -0.25) is 4.90 Å². The number of halogens is 3. The molecule has 5 heteroatoms. The molecule has 0 bridgehead atoms. The van der Waals surface area contributed by atoms with Gasteiger partial charge in [0.25, 0.3) is 0 Å². The van der Waals surface area contributed by atoms with E-state index >= 15 is 0 Å². The smallest absolute Gasteiger partial charge is 0.385 e. The molecule has 1 aliphatic heterocycles. The van der Waals surface area contributed by atoms with E-state index in [0.717, 1.165) is 18.6 Å². The third-order valence-corrected chi connectivity index (χ3v) is 5.81. The Kier molecular flexibility index (Phi) is 4.32. The number of benzene rings is 2. The van der Waals surface area contributed by atoms with Crippen LogP contribution in [0.5, 0.6) is 0 Å². The molecule has 2 atom stereocenters. The maximum atomic E-state index is 13.0. The van der Waals surface area contributed by atoms with Crippen LogP contribution in [0.1, 0.15) is 41.9 Å². The molecule has 2 aliphatic rings. The monoisotopic (exact) mass is 361 g/mol. The van der Waals surface area contributed by atoms with Gasteiger partial charge in [0.1, 0.15) is 0 Å². The first-order valence-electron chi connectivity index (χ1n) is 9.06. The summed E-state index contributed by atoms with van der Waals surface area (Å²) in [6.07, 6.45) is -2.34. The van der Waals surface area contributed by atoms with Crippen molar-refractivity contribution in [3.8, 4) is 0 Å². The Labute approximate surface area is 151 Å². The molecule has 2 aromatic rings. The Hall–Kier alpha value is -1.85. The standard InChI is InChI=1S/C21H22F3NO/c22-21(23,24)17-8-4-7-16(13-17)20(26)9-11-25(12-10-20)19-14-18(19)15-5-2-1-3-6-15/h1-8,13,18-19,26H,9-12,14H2/t18-,19-/m0/s1. The molecule has 0 spiro atoms. The molecule has 1 aliphatic carbocycles. The van der Waals surface area contributed by atoms with Crippen molar-refractivity contribution in [3.63, 3.8) is 0 Å². The Morgan fingerprint density at radius 3 is 2.31 bits per heavy atom. The van der Waals surface area contributed by atoms with E-state index < -0.39 is 17.3 Å². The van der Waals surface area contributed by atoms with E-state index in [9.17, 15) is 18.3 Å². The van der Waals surface area contributed by atoms with Crippen molar-refractivity contribution in [2.24, 2.45) is 0 Å². The van der Waals surface area contributed by atoms with Crippen molar-refractivity contribution in [2.75, 3.05) is 13.1 Å². The minimum atomic E-state index is -4.38. The fraction of sp³-hybridized carbons (Fsp3) is 0.429. The summed E-state index contributed by atoms with van der Waals surface area (Å²) in [5.74, 6) is 0.538. The second-order valence-electron chi connectivity index (χ2n) is 7.47. The van der Waals surface area contributed by atoms with Gasteiger partial charge in [-0.05, 0) is 42.5 Å². The second-order valence-corrected chi connectivity index (χ2v) is 7.47. The largest absolute Gasteiger partial charge is 0.416 e. The molecule has 0 unspecified atom stereocenters. The minimum Gasteiger partial charge on any atom is -0.385 e. The molecule has 2 aromatic carbocycles. The van der Waals surface area contributed by atoms with Crippen LogP contribution in [0.25, 0.3) is 0 Å². The summed E-state index contributed by atoms with van der Waals surface area (Å²) < 4.78 is 38.9. The highest BCUT2D eigenvalue weighted by molar-refractivity contribution is 5.31. The Morgan fingerprint density at radius 2 is 1.65 bits per heavy atom. The third-order valence-electron chi connectivity index (χ3n) is 5.81. The van der Waals surface area contributed by atoms with Gasteiger partial charge in [-0.15, -0.1) is 0 Å². The molecule has 1 N–H and O–H groups in total. The Bertz CT molecular complexity index is 766. The zero-order chi connectivity index (χ0) is 18.4. The highest BCUT2D eigenvalue weighted by Gasteiger charge is 2.46. The zero-order valence-corrected chi connectivity index (χ0v) is 14.4. The topological polar surface area (TPSA) is 23.5 Å². The Balaban J connectivity index is 1.42. The van der Waals surface area contributed by atoms with Crippen LogP contribution in [0.3, 0.4) is 0 Å². The lowest BCUT2D eigenvalue weighted by molar-refractivity contribution is -0.137. The number of hydrogen-bond donors (Lipinski definition) is 1. The fourth-order valence-corrected chi connectivity index (χ4v) is 4.14. The third kappa shape index (κ3) is 3.38. The van der Waals surface area contributed by atoms with Gasteiger partial charge in [-0.2, -0.15) is 13.2 Å². The van der Waals surface area contributed by atoms with Crippen molar-refractivity contribution in [2.45, 2.75) is 43.0 Å². The molecular formula is C21H22F3NO. The van der Waals surface area contributed by atoms with Gasteiger partial charge >= 0.3 is 6.18 Å². The van der Waals surface area contributed by atoms with E-state index in [-0.39, 0.29) is 0 Å². The maximum Gasteiger partial charge on any atom is 0.416 e. The molecule has 2 fully saturated rings. The van der Waals surface area contributed by atoms with Crippen LogP contribution in [0, 0.1) is 0 Å². The van der Waals surface area contributed by atoms with Crippen LogP contribution in [-0.4, -0.2) is 29.1 Å². The number of rotatable bonds is 3. The highest BCUT2D eigenvalue weighted by Crippen LogP contribution is 2.47. The first-order chi connectivity index (χ1) is 12.4. The number of aliphatic hydroxyl groups is 1. The van der Waals surface area contributed by atoms with Gasteiger partial charge in [0.05, 0.1) is 11.2 Å². The summed E-state index contributed by atoms with van der Waals surface area (Å²) in [6, 6.07) is 16.0. The number of nitrogens with zero attached hydrogens (tertiary/aromatic N) is 1. The SMILES string of the molecule is OC1(c2cccc(C(F)(F)F)c2)CCN([C@H]2C[C@H]2c2ccccc2)CC1. The summed E-state index contributed by atoms with van der Waals surface area (Å²) in [5.41, 5.74) is -0.148. The molecule has 138 valence electrons. The van der Waals surface area contributed by atoms with Gasteiger partial charge in [0.15, 0.2) is 0 Å². The predicted octanol–water partition coefficient (Wildman–Crippen LogP) is 4.54. The Morgan fingerprint density at radius 1 is 0.962 bits per heavy atom. The van der Waals surface area contributed by atoms with Crippen molar-refractivity contribution < 1.29 is 18.3 Å². The lowest BCUT2D eigenvalue weighted by Crippen LogP contribution is -2.43. The number of likely N-dealkylation sites (tertiary alicyclic amines) is 1. The van der Waals surface area contributed by atoms with Crippen molar-refractivity contribution in [1.29, 1.82) is 0 Å². The van der Waals surface area contributed by atoms with E-state index in [0.29, 0.717) is 43.5 Å². The summed E-state index contributed by atoms with van der Waals surface area (Å²) >= 11 is 0. The van der Waals surface area contributed by atoms with Gasteiger partial charge in [0.2, 0.25) is 0 Å². The van der Waals surface area contributed by atoms with Gasteiger partial charge in [-0.25, -0.2) is 0 Å². The molecule has 0 amide bonds. The highest BCUT2D eigenvalue weighted by atomic mass is 19.4. The summed E-state index contributed by atoms with van der Waals surface area (Å²) in [5, 5.41) is 10.9. The van der Waals surface area contributed by atoms with Gasteiger partial charge in [-0.1, -0.05) is 42.5 Å². The van der Waals surface area contributed by atoms with Crippen molar-refractivity contribution in [3.05, 3.63) is 71.3 Å². The molecule has 4 rings (SSSR count). The van der Waals surface area contributed by atoms with Crippen LogP contribution < -0.4 is 0 Å². The predicted molar refractivity (Wildman–Crippen MR) is 93.7 cm³/mol. The van der Waals surface area contributed by atoms with E-state index in [2.05, 4.69) is 17.0 Å². The zero-order valence-electron chi connectivity index (χ0n) is 14.4. The van der Waals surface area contributed by atoms with Crippen LogP contribution in [0.4, 0.5) is 13.2 Å². The number of alkyl halides is 3. The lowest BCUT2D eigenvalue weighted by atomic mass is 9.83. The molecule has 1 saturated carbocycles. The van der Waals surface area contributed by atoms with Crippen LogP contribution in [0.15, 0.2) is 54.6 Å². The first kappa shape index (κ1) is 17.6. The average Bonchev–Trinajstić information content (AvgIpc) is 3.43. The molecule has 1 saturated heterocycles. The van der Waals surface area contributed by atoms with Crippen LogP contribution in [0.2, 0.25) is 0 Å². The summed E-state index contributed by atoms with van der Waals surface area (Å²) in [7, 11) is 0. The number of piperidine rings is 1. The normalized spacial score (nSPS) is 25.8. The molecule has 26 heavy (non-hydrogen) atoms. The second kappa shape index (κ2) is 6.39. The van der Waals surface area contributed by atoms with Gasteiger partial charge < -0.3 is 5.11 Å². The average molecular weight is 361 g/mol. The van der Waals surface area contributed by atoms with E-state index in [1.807, 2.05) is 18.2 Å². The van der Waals surface area contributed by atoms with Crippen molar-refractivity contribution >= 4 is 0 Å². The summed E-state index contributed by atoms with van der Waals surface area (Å²) in [6.45, 7) is 1.42. The van der Waals surface area contributed by atoms with Crippen molar-refractivity contribution in [1.82, 2.24) is 4.90 Å². The van der Waals surface area contributed by atoms with Gasteiger partial charge in [0, 0.05) is 25.0 Å². The fourth-order valence-electron chi connectivity index (χ4n) is 4.14. The van der Waals surface area contributed by atoms with E-state index in [1.165, 1.54) is 11.6 Å². The van der Waals surface area contributed by atoms with E-state index in [4.69, 9.17) is 0 Å². The lowest BCUT2D eigenvalue weighted by Gasteiger charge is -2.39. The minimum absolute atomic E-state index is 0.377. The van der Waals surface area contributed by atoms with Crippen LogP contribution in [-0.2, 0) is 11.8 Å². The quantitative estimate of drug-likeness (QED) is 0.867. The molecular weight excluding hydrogens is 339 g/mol. The molecule has 2 nitrogen and oxygen atoms in total. The molecule has 0 aromatic heterocycles. The number of hydrogen-bond acceptors (Lipinski definition) is 2.